The molecule has 7 nitrogen and oxygen atoms in total. The predicted octanol–water partition coefficient (Wildman–Crippen LogP) is 19.5. The molecule has 0 saturated carbocycles. The van der Waals surface area contributed by atoms with Gasteiger partial charge < -0.3 is 32.9 Å². The summed E-state index contributed by atoms with van der Waals surface area (Å²) in [6, 6.07) is 107. The van der Waals surface area contributed by atoms with E-state index in [1.54, 1.807) is 0 Å². The highest BCUT2D eigenvalue weighted by molar-refractivity contribution is 7.01. The van der Waals surface area contributed by atoms with Crippen molar-refractivity contribution in [1.29, 1.82) is 0 Å². The molecule has 7 heterocycles. The lowest BCUT2D eigenvalue weighted by molar-refractivity contribution is 0.660. The molecule has 446 valence electrons. The van der Waals surface area contributed by atoms with Crippen molar-refractivity contribution in [2.75, 3.05) is 19.6 Å². The van der Waals surface area contributed by atoms with Crippen LogP contribution in [0.15, 0.2) is 304 Å². The third kappa shape index (κ3) is 6.97. The van der Waals surface area contributed by atoms with Gasteiger partial charge in [0.05, 0.1) is 5.69 Å². The van der Waals surface area contributed by atoms with Gasteiger partial charge in [0.1, 0.15) is 27.9 Å². The number of anilines is 12. The van der Waals surface area contributed by atoms with Crippen LogP contribution >= 0.6 is 0 Å². The Labute approximate surface area is 553 Å². The van der Waals surface area contributed by atoms with Crippen LogP contribution in [0.25, 0.3) is 88.1 Å². The molecule has 22 rings (SSSR count). The zero-order chi connectivity index (χ0) is 62.8. The lowest BCUT2D eigenvalue weighted by Crippen LogP contribution is -2.61. The Morgan fingerprint density at radius 3 is 1.28 bits per heavy atom. The van der Waals surface area contributed by atoms with Crippen LogP contribution in [0.3, 0.4) is 0 Å². The number of hydrogen-bond acceptors (Lipinski definition) is 7. The first kappa shape index (κ1) is 52.3. The van der Waals surface area contributed by atoms with Crippen molar-refractivity contribution in [3.8, 4) is 22.3 Å². The standard InChI is InChI=1S/C87H54B2N4O3/c1-87(2)64-22-6-3-19-56(64)57-42-38-55(50-65(57)87)92-72-29-13-9-25-68(72)88-66-23-7-11-27-70(66)90(74-31-17-32-75(92)84(74)88)54-40-44-82-62(49-54)60-41-37-51(47-83(60)95-82)52-45-63-59-21-5-16-36-80(59)96-86(63)78(46-52)93-73-30-14-10-26-69(73)89-67-24-8-12-28-71(67)91(76-33-18-34-77(93)85(76)89)53-39-43-81-61(48-53)58-20-4-15-35-79(58)94-81/h3-50H,1-2H3. The Bertz CT molecular complexity index is 6290. The molecule has 0 saturated heterocycles. The molecule has 4 aliphatic heterocycles. The van der Waals surface area contributed by atoms with Crippen molar-refractivity contribution in [2.45, 2.75) is 19.3 Å². The fraction of sp³-hybridized carbons (Fsp3) is 0.0345. The van der Waals surface area contributed by atoms with Gasteiger partial charge in [-0.3, -0.25) is 0 Å². The summed E-state index contributed by atoms with van der Waals surface area (Å²) in [4.78, 5) is 9.92. The Balaban J connectivity index is 0.684. The molecule has 0 bridgehead atoms. The van der Waals surface area contributed by atoms with E-state index in [1.807, 2.05) is 6.07 Å². The van der Waals surface area contributed by atoms with Crippen molar-refractivity contribution in [1.82, 2.24) is 0 Å². The first-order chi connectivity index (χ1) is 47.4. The average molecular weight is 1230 g/mol. The van der Waals surface area contributed by atoms with E-state index >= 15 is 0 Å². The predicted molar refractivity (Wildman–Crippen MR) is 399 cm³/mol. The van der Waals surface area contributed by atoms with Crippen molar-refractivity contribution in [3.05, 3.63) is 302 Å². The molecular weight excluding hydrogens is 1170 g/mol. The lowest BCUT2D eigenvalue weighted by Gasteiger charge is -2.44. The molecule has 0 radical (unpaired) electrons. The largest absolute Gasteiger partial charge is 0.456 e. The maximum atomic E-state index is 7.09. The van der Waals surface area contributed by atoms with Gasteiger partial charge in [0.15, 0.2) is 5.58 Å². The number of hydrogen-bond donors (Lipinski definition) is 0. The van der Waals surface area contributed by atoms with Crippen LogP contribution in [0, 0.1) is 0 Å². The zero-order valence-electron chi connectivity index (χ0n) is 52.4. The summed E-state index contributed by atoms with van der Waals surface area (Å²) in [5.74, 6) is 0. The monoisotopic (exact) mass is 1220 g/mol. The van der Waals surface area contributed by atoms with Gasteiger partial charge in [-0.1, -0.05) is 172 Å². The Morgan fingerprint density at radius 2 is 0.688 bits per heavy atom. The van der Waals surface area contributed by atoms with Gasteiger partial charge in [0.2, 0.25) is 0 Å². The third-order valence-corrected chi connectivity index (χ3v) is 21.8. The highest BCUT2D eigenvalue weighted by Gasteiger charge is 2.46. The molecule has 3 aromatic heterocycles. The number of furan rings is 3. The quantitative estimate of drug-likeness (QED) is 0.159. The third-order valence-electron chi connectivity index (χ3n) is 21.8. The van der Waals surface area contributed by atoms with E-state index in [0.717, 1.165) is 122 Å². The van der Waals surface area contributed by atoms with Crippen LogP contribution < -0.4 is 52.4 Å². The van der Waals surface area contributed by atoms with E-state index < -0.39 is 0 Å². The first-order valence-electron chi connectivity index (χ1n) is 33.3. The summed E-state index contributed by atoms with van der Waals surface area (Å²) in [6.07, 6.45) is 0. The van der Waals surface area contributed by atoms with Gasteiger partial charge in [-0.05, 0) is 200 Å². The van der Waals surface area contributed by atoms with Gasteiger partial charge in [0, 0.05) is 100 Å². The summed E-state index contributed by atoms with van der Waals surface area (Å²) >= 11 is 0. The minimum Gasteiger partial charge on any atom is -0.456 e. The van der Waals surface area contributed by atoms with E-state index in [1.165, 1.54) is 77.8 Å². The fourth-order valence-corrected chi connectivity index (χ4v) is 17.7. The summed E-state index contributed by atoms with van der Waals surface area (Å²) < 4.78 is 20.5. The van der Waals surface area contributed by atoms with Crippen LogP contribution in [0.2, 0.25) is 0 Å². The lowest BCUT2D eigenvalue weighted by atomic mass is 9.33. The Hall–Kier alpha value is -12.2. The van der Waals surface area contributed by atoms with E-state index in [2.05, 4.69) is 319 Å². The Kier molecular flexibility index (Phi) is 10.4. The molecule has 0 spiro atoms. The smallest absolute Gasteiger partial charge is 0.252 e. The van der Waals surface area contributed by atoms with Crippen LogP contribution in [0.5, 0.6) is 0 Å². The van der Waals surface area contributed by atoms with Crippen LogP contribution in [0.4, 0.5) is 68.2 Å². The SMILES string of the molecule is CC1(C)c2ccccc2-c2ccc(N3c4ccccc4B4c5ccccc5N(c5ccc6oc7cc(-c8cc(N9c%10ccccc%10B%10c%11ccccc%11N(c%11ccc%12oc%13ccccc%13c%12c%11)c%11cccc9c%11%10)c9oc%10ccccc%10c9c8)ccc7c6c5)c5cccc3c54)cc21. The summed E-state index contributed by atoms with van der Waals surface area (Å²) in [5, 5.41) is 6.42. The maximum Gasteiger partial charge on any atom is 0.252 e. The molecule has 0 N–H and O–H groups in total. The minimum atomic E-state index is -0.139. The van der Waals surface area contributed by atoms with Crippen LogP contribution in [-0.4, -0.2) is 13.4 Å². The molecule has 14 aromatic carbocycles. The number of para-hydroxylation sites is 6. The molecular formula is C87H54B2N4O3. The van der Waals surface area contributed by atoms with E-state index in [4.69, 9.17) is 13.3 Å². The molecule has 0 amide bonds. The number of rotatable bonds is 5. The molecule has 9 heteroatoms. The second kappa shape index (κ2) is 19.0. The van der Waals surface area contributed by atoms with E-state index in [0.29, 0.717) is 0 Å². The molecule has 5 aliphatic rings. The highest BCUT2D eigenvalue weighted by atomic mass is 16.3. The van der Waals surface area contributed by atoms with Gasteiger partial charge in [0.25, 0.3) is 13.4 Å². The van der Waals surface area contributed by atoms with E-state index in [-0.39, 0.29) is 18.8 Å². The van der Waals surface area contributed by atoms with Gasteiger partial charge >= 0.3 is 0 Å². The van der Waals surface area contributed by atoms with Crippen molar-refractivity contribution in [2.24, 2.45) is 0 Å². The first-order valence-corrected chi connectivity index (χ1v) is 33.3. The molecule has 17 aromatic rings. The minimum absolute atomic E-state index is 0.0291. The summed E-state index contributed by atoms with van der Waals surface area (Å²) in [6.45, 7) is 4.74. The fourth-order valence-electron chi connectivity index (χ4n) is 17.7. The molecule has 0 fully saturated rings. The molecule has 96 heavy (non-hydrogen) atoms. The zero-order valence-corrected chi connectivity index (χ0v) is 52.4. The maximum absolute atomic E-state index is 7.09. The van der Waals surface area contributed by atoms with Crippen molar-refractivity contribution < 1.29 is 13.3 Å². The second-order valence-electron chi connectivity index (χ2n) is 27.0. The van der Waals surface area contributed by atoms with Crippen LogP contribution in [0.1, 0.15) is 25.0 Å². The molecule has 0 atom stereocenters. The summed E-state index contributed by atoms with van der Waals surface area (Å²) in [5.41, 5.74) is 33.6. The van der Waals surface area contributed by atoms with Gasteiger partial charge in [-0.15, -0.1) is 0 Å². The summed E-state index contributed by atoms with van der Waals surface area (Å²) in [7, 11) is 0. The number of fused-ring (bicyclic) bond motifs is 20. The normalized spacial score (nSPS) is 14.3. The topological polar surface area (TPSA) is 52.4 Å². The number of nitrogens with zero attached hydrogens (tertiary/aromatic N) is 4. The van der Waals surface area contributed by atoms with Crippen molar-refractivity contribution >= 4 is 180 Å². The van der Waals surface area contributed by atoms with E-state index in [9.17, 15) is 0 Å². The van der Waals surface area contributed by atoms with Gasteiger partial charge in [-0.25, -0.2) is 0 Å². The highest BCUT2D eigenvalue weighted by Crippen LogP contribution is 2.54. The van der Waals surface area contributed by atoms with Crippen molar-refractivity contribution in [3.63, 3.8) is 0 Å². The second-order valence-corrected chi connectivity index (χ2v) is 27.0. The van der Waals surface area contributed by atoms with Crippen LogP contribution in [-0.2, 0) is 5.41 Å². The number of benzene rings is 14. The average Bonchev–Trinajstić information content (AvgIpc) is 0.837. The molecule has 0 unspecified atom stereocenters. The van der Waals surface area contributed by atoms with Gasteiger partial charge in [-0.2, -0.15) is 0 Å². The molecule has 1 aliphatic carbocycles. The Morgan fingerprint density at radius 1 is 0.260 bits per heavy atom.